The second kappa shape index (κ2) is 8.28. The highest BCUT2D eigenvalue weighted by Crippen LogP contribution is 2.35. The van der Waals surface area contributed by atoms with Crippen molar-refractivity contribution < 1.29 is 8.91 Å². The van der Waals surface area contributed by atoms with Crippen molar-refractivity contribution in [2.45, 2.75) is 6.54 Å². The molecule has 8 nitrogen and oxygen atoms in total. The summed E-state index contributed by atoms with van der Waals surface area (Å²) in [5, 5.41) is 11.5. The van der Waals surface area contributed by atoms with Crippen LogP contribution < -0.4 is 0 Å². The Labute approximate surface area is 193 Å². The Kier molecular flexibility index (Phi) is 4.84. The highest BCUT2D eigenvalue weighted by molar-refractivity contribution is 5.78. The molecule has 0 atom stereocenters. The quantitative estimate of drug-likeness (QED) is 0.386. The van der Waals surface area contributed by atoms with Crippen LogP contribution in [0.5, 0.6) is 0 Å². The third-order valence-electron chi connectivity index (χ3n) is 5.49. The van der Waals surface area contributed by atoms with Gasteiger partial charge in [0.15, 0.2) is 0 Å². The van der Waals surface area contributed by atoms with E-state index in [4.69, 9.17) is 4.52 Å². The number of H-pyrrole nitrogens is 1. The Morgan fingerprint density at radius 1 is 0.882 bits per heavy atom. The minimum atomic E-state index is -0.345. The van der Waals surface area contributed by atoms with Crippen molar-refractivity contribution in [3.8, 4) is 39.9 Å². The largest absolute Gasteiger partial charge is 0.332 e. The summed E-state index contributed by atoms with van der Waals surface area (Å²) in [5.41, 5.74) is 4.51. The predicted octanol–water partition coefficient (Wildman–Crippen LogP) is 4.97. The van der Waals surface area contributed by atoms with Crippen molar-refractivity contribution in [3.63, 3.8) is 0 Å². The summed E-state index contributed by atoms with van der Waals surface area (Å²) >= 11 is 0. The summed E-state index contributed by atoms with van der Waals surface area (Å²) in [5.74, 6) is 0.436. The lowest BCUT2D eigenvalue weighted by atomic mass is 10.1. The number of aromatic nitrogens is 7. The molecule has 4 heterocycles. The van der Waals surface area contributed by atoms with Crippen molar-refractivity contribution >= 4 is 0 Å². The van der Waals surface area contributed by atoms with E-state index < -0.39 is 0 Å². The molecule has 2 aromatic carbocycles. The molecule has 0 bridgehead atoms. The molecule has 0 amide bonds. The number of nitrogens with zero attached hydrogens (tertiary/aromatic N) is 6. The van der Waals surface area contributed by atoms with Crippen LogP contribution >= 0.6 is 0 Å². The van der Waals surface area contributed by atoms with Gasteiger partial charge in [-0.1, -0.05) is 41.6 Å². The molecule has 0 aliphatic rings. The van der Waals surface area contributed by atoms with Crippen molar-refractivity contribution in [1.29, 1.82) is 0 Å². The summed E-state index contributed by atoms with van der Waals surface area (Å²) in [6.07, 6.45) is 7.04. The molecule has 0 saturated carbocycles. The fourth-order valence-electron chi connectivity index (χ4n) is 3.81. The van der Waals surface area contributed by atoms with E-state index >= 15 is 0 Å². The van der Waals surface area contributed by atoms with Crippen molar-refractivity contribution in [2.75, 3.05) is 0 Å². The number of nitrogens with one attached hydrogen (secondary N) is 1. The summed E-state index contributed by atoms with van der Waals surface area (Å²) < 4.78 is 23.6. The van der Waals surface area contributed by atoms with Crippen LogP contribution in [0.3, 0.4) is 0 Å². The van der Waals surface area contributed by atoms with E-state index in [1.54, 1.807) is 41.5 Å². The molecule has 0 aliphatic heterocycles. The van der Waals surface area contributed by atoms with Crippen LogP contribution in [0.4, 0.5) is 4.39 Å². The average Bonchev–Trinajstić information content (AvgIpc) is 3.54. The van der Waals surface area contributed by atoms with Crippen LogP contribution in [0.1, 0.15) is 5.56 Å². The van der Waals surface area contributed by atoms with Crippen molar-refractivity contribution in [1.82, 2.24) is 34.7 Å². The maximum atomic E-state index is 14.5. The zero-order valence-electron chi connectivity index (χ0n) is 17.8. The third-order valence-corrected chi connectivity index (χ3v) is 5.49. The molecule has 0 spiro atoms. The Balaban J connectivity index is 1.33. The van der Waals surface area contributed by atoms with Crippen LogP contribution in [0.15, 0.2) is 96.0 Å². The second-order valence-corrected chi connectivity index (χ2v) is 7.68. The summed E-state index contributed by atoms with van der Waals surface area (Å²) in [6, 6.07) is 20.1. The van der Waals surface area contributed by atoms with Crippen LogP contribution in [0.2, 0.25) is 0 Å². The standard InChI is InChI=1S/C25H18FN7O/c26-20-4-1-2-5-21(20)33-23(18-10-13-27-14-11-18)22(30-33)25-29-24(31-34-25)19-8-6-17(7-9-19)16-32-15-3-12-28-32/h1-15,30H,16H2. The number of rotatable bonds is 6. The van der Waals surface area contributed by atoms with Crippen LogP contribution in [-0.4, -0.2) is 34.7 Å². The van der Waals surface area contributed by atoms with Gasteiger partial charge in [-0.25, -0.2) is 9.07 Å². The van der Waals surface area contributed by atoms with Gasteiger partial charge in [0.25, 0.3) is 5.89 Å². The molecule has 0 fully saturated rings. The molecule has 6 aromatic rings. The lowest BCUT2D eigenvalue weighted by molar-refractivity contribution is 0.428. The Bertz CT molecular complexity index is 1530. The summed E-state index contributed by atoms with van der Waals surface area (Å²) in [6.45, 7) is 0.683. The van der Waals surface area contributed by atoms with E-state index in [0.29, 0.717) is 29.6 Å². The number of hydrogen-bond acceptors (Lipinski definition) is 5. The van der Waals surface area contributed by atoms with Gasteiger partial charge in [0.1, 0.15) is 17.2 Å². The molecule has 0 aliphatic carbocycles. The number of para-hydroxylation sites is 1. The van der Waals surface area contributed by atoms with Crippen LogP contribution in [0.25, 0.3) is 39.9 Å². The number of benzene rings is 2. The first-order chi connectivity index (χ1) is 16.8. The van der Waals surface area contributed by atoms with E-state index in [9.17, 15) is 4.39 Å². The van der Waals surface area contributed by atoms with Crippen LogP contribution in [0, 0.1) is 5.82 Å². The van der Waals surface area contributed by atoms with E-state index in [1.165, 1.54) is 6.07 Å². The smallest absolute Gasteiger partial charge is 0.278 e. The molecule has 166 valence electrons. The lowest BCUT2D eigenvalue weighted by Crippen LogP contribution is -2.15. The average molecular weight is 451 g/mol. The van der Waals surface area contributed by atoms with Crippen LogP contribution in [-0.2, 0) is 6.54 Å². The molecular formula is C25H18FN7O. The SMILES string of the molecule is Fc1ccccc1-n1[nH]c(-c2nc(-c3ccc(Cn4cccn4)cc3)no2)c1-c1ccncc1. The van der Waals surface area contributed by atoms with Gasteiger partial charge in [0.2, 0.25) is 5.82 Å². The fourth-order valence-corrected chi connectivity index (χ4v) is 3.81. The molecule has 0 radical (unpaired) electrons. The van der Waals surface area contributed by atoms with E-state index in [-0.39, 0.29) is 5.82 Å². The lowest BCUT2D eigenvalue weighted by Gasteiger charge is -2.22. The van der Waals surface area contributed by atoms with Gasteiger partial charge in [-0.3, -0.25) is 14.8 Å². The molecule has 6 rings (SSSR count). The molecular weight excluding hydrogens is 433 g/mol. The molecule has 0 saturated heterocycles. The Morgan fingerprint density at radius 2 is 1.71 bits per heavy atom. The highest BCUT2D eigenvalue weighted by atomic mass is 19.1. The number of halogens is 1. The third kappa shape index (κ3) is 3.58. The normalized spacial score (nSPS) is 11.2. The van der Waals surface area contributed by atoms with Gasteiger partial charge in [0.05, 0.1) is 12.2 Å². The van der Waals surface area contributed by atoms with Gasteiger partial charge in [-0.15, -0.1) is 0 Å². The van der Waals surface area contributed by atoms with Crippen molar-refractivity contribution in [3.05, 3.63) is 103 Å². The summed E-state index contributed by atoms with van der Waals surface area (Å²) in [4.78, 5) is 8.66. The molecule has 9 heteroatoms. The van der Waals surface area contributed by atoms with Gasteiger partial charge >= 0.3 is 0 Å². The van der Waals surface area contributed by atoms with Gasteiger partial charge < -0.3 is 4.52 Å². The second-order valence-electron chi connectivity index (χ2n) is 7.68. The maximum Gasteiger partial charge on any atom is 0.278 e. The molecule has 1 N–H and O–H groups in total. The minimum absolute atomic E-state index is 0.315. The van der Waals surface area contributed by atoms with E-state index in [0.717, 1.165) is 22.4 Å². The first-order valence-electron chi connectivity index (χ1n) is 10.6. The maximum absolute atomic E-state index is 14.5. The summed E-state index contributed by atoms with van der Waals surface area (Å²) in [7, 11) is 0. The highest BCUT2D eigenvalue weighted by Gasteiger charge is 2.25. The van der Waals surface area contributed by atoms with Crippen molar-refractivity contribution in [2.24, 2.45) is 0 Å². The number of hydrogen-bond donors (Lipinski definition) is 1. The fraction of sp³-hybridized carbons (Fsp3) is 0.0400. The molecule has 34 heavy (non-hydrogen) atoms. The van der Waals surface area contributed by atoms with Gasteiger partial charge in [-0.05, 0) is 35.9 Å². The van der Waals surface area contributed by atoms with Gasteiger partial charge in [-0.2, -0.15) is 10.1 Å². The monoisotopic (exact) mass is 451 g/mol. The Hall–Kier alpha value is -4.79. The first-order valence-corrected chi connectivity index (χ1v) is 10.6. The predicted molar refractivity (Wildman–Crippen MR) is 123 cm³/mol. The topological polar surface area (TPSA) is 90.3 Å². The number of pyridine rings is 1. The first kappa shape index (κ1) is 19.9. The number of aromatic amines is 1. The Morgan fingerprint density at radius 3 is 2.47 bits per heavy atom. The minimum Gasteiger partial charge on any atom is -0.332 e. The van der Waals surface area contributed by atoms with Gasteiger partial charge in [0, 0.05) is 35.9 Å². The van der Waals surface area contributed by atoms with E-state index in [1.807, 2.05) is 53.3 Å². The zero-order valence-corrected chi connectivity index (χ0v) is 17.8. The molecule has 0 unspecified atom stereocenters. The molecule has 4 aromatic heterocycles. The van der Waals surface area contributed by atoms with E-state index in [2.05, 4.69) is 25.3 Å². The zero-order chi connectivity index (χ0) is 22.9.